The Kier molecular flexibility index (Phi) is 6.52. The van der Waals surface area contributed by atoms with Gasteiger partial charge in [0.15, 0.2) is 11.0 Å². The highest BCUT2D eigenvalue weighted by Gasteiger charge is 2.19. The summed E-state index contributed by atoms with van der Waals surface area (Å²) >= 11 is 1.40. The Morgan fingerprint density at radius 3 is 2.32 bits per heavy atom. The second-order valence-electron chi connectivity index (χ2n) is 7.29. The van der Waals surface area contributed by atoms with Crippen LogP contribution in [0.5, 0.6) is 0 Å². The van der Waals surface area contributed by atoms with Crippen LogP contribution < -0.4 is 0 Å². The second-order valence-corrected chi connectivity index (χ2v) is 8.23. The molecule has 2 aromatic carbocycles. The van der Waals surface area contributed by atoms with E-state index in [9.17, 15) is 4.79 Å². The van der Waals surface area contributed by atoms with Gasteiger partial charge in [-0.2, -0.15) is 0 Å². The fourth-order valence-electron chi connectivity index (χ4n) is 3.30. The molecule has 0 N–H and O–H groups in total. The van der Waals surface area contributed by atoms with Gasteiger partial charge in [-0.3, -0.25) is 9.36 Å². The van der Waals surface area contributed by atoms with Gasteiger partial charge in [-0.05, 0) is 24.1 Å². The lowest BCUT2D eigenvalue weighted by Gasteiger charge is -2.17. The predicted octanol–water partition coefficient (Wildman–Crippen LogP) is 4.65. The van der Waals surface area contributed by atoms with Crippen molar-refractivity contribution in [1.29, 1.82) is 0 Å². The smallest absolute Gasteiger partial charge is 0.233 e. The van der Waals surface area contributed by atoms with Crippen LogP contribution in [0, 0.1) is 6.92 Å². The minimum Gasteiger partial charge on any atom is -0.469 e. The van der Waals surface area contributed by atoms with E-state index in [2.05, 4.69) is 22.3 Å². The van der Waals surface area contributed by atoms with E-state index in [1.165, 1.54) is 11.8 Å². The highest BCUT2D eigenvalue weighted by molar-refractivity contribution is 7.99. The highest BCUT2D eigenvalue weighted by atomic mass is 32.2. The van der Waals surface area contributed by atoms with E-state index in [1.54, 1.807) is 11.2 Å². The van der Waals surface area contributed by atoms with E-state index in [0.29, 0.717) is 24.0 Å². The molecule has 158 valence electrons. The quantitative estimate of drug-likeness (QED) is 0.379. The Balaban J connectivity index is 1.51. The Bertz CT molecular complexity index is 1140. The average Bonchev–Trinajstić information content (AvgIpc) is 3.39. The summed E-state index contributed by atoms with van der Waals surface area (Å²) in [5.74, 6) is 1.87. The van der Waals surface area contributed by atoms with Crippen LogP contribution >= 0.6 is 11.8 Å². The average molecular weight is 433 g/mol. The first-order valence-electron chi connectivity index (χ1n) is 10.0. The van der Waals surface area contributed by atoms with Crippen molar-refractivity contribution in [3.63, 3.8) is 0 Å². The lowest BCUT2D eigenvalue weighted by Crippen LogP contribution is -2.27. The molecule has 0 unspecified atom stereocenters. The molecule has 7 heteroatoms. The number of amides is 1. The van der Waals surface area contributed by atoms with E-state index in [-0.39, 0.29) is 5.91 Å². The molecule has 4 rings (SSSR count). The number of hydrogen-bond acceptors (Lipinski definition) is 5. The summed E-state index contributed by atoms with van der Waals surface area (Å²) in [5.41, 5.74) is 3.15. The molecule has 0 fully saturated rings. The molecule has 0 aliphatic heterocycles. The van der Waals surface area contributed by atoms with Crippen LogP contribution in [0.1, 0.15) is 16.9 Å². The maximum absolute atomic E-state index is 12.7. The van der Waals surface area contributed by atoms with Crippen LogP contribution in [-0.2, 0) is 17.9 Å². The van der Waals surface area contributed by atoms with Gasteiger partial charge in [0.25, 0.3) is 0 Å². The molecule has 0 aliphatic rings. The maximum atomic E-state index is 12.7. The minimum absolute atomic E-state index is 0.0455. The number of aromatic nitrogens is 3. The van der Waals surface area contributed by atoms with Gasteiger partial charge in [-0.25, -0.2) is 0 Å². The van der Waals surface area contributed by atoms with E-state index in [4.69, 9.17) is 4.42 Å². The van der Waals surface area contributed by atoms with Gasteiger partial charge in [-0.1, -0.05) is 72.4 Å². The summed E-state index contributed by atoms with van der Waals surface area (Å²) in [6.07, 6.45) is 1.65. The van der Waals surface area contributed by atoms with Gasteiger partial charge in [0, 0.05) is 13.6 Å². The molecule has 31 heavy (non-hydrogen) atoms. The van der Waals surface area contributed by atoms with Crippen molar-refractivity contribution in [1.82, 2.24) is 19.7 Å². The molecule has 6 nitrogen and oxygen atoms in total. The molecule has 2 aromatic heterocycles. The van der Waals surface area contributed by atoms with Gasteiger partial charge in [0.1, 0.15) is 5.76 Å². The lowest BCUT2D eigenvalue weighted by atomic mass is 10.2. The molecule has 0 atom stereocenters. The third-order valence-corrected chi connectivity index (χ3v) is 5.96. The number of carbonyl (C=O) groups is 1. The molecular weight excluding hydrogens is 408 g/mol. The van der Waals surface area contributed by atoms with Crippen molar-refractivity contribution in [3.05, 3.63) is 89.9 Å². The van der Waals surface area contributed by atoms with Crippen molar-refractivity contribution in [2.45, 2.75) is 25.2 Å². The third-order valence-electron chi connectivity index (χ3n) is 5.01. The number of aryl methyl sites for hydroxylation is 1. The first kappa shape index (κ1) is 20.9. The van der Waals surface area contributed by atoms with Gasteiger partial charge in [0.2, 0.25) is 5.91 Å². The molecule has 0 saturated carbocycles. The van der Waals surface area contributed by atoms with Crippen molar-refractivity contribution in [2.24, 2.45) is 0 Å². The zero-order chi connectivity index (χ0) is 21.6. The van der Waals surface area contributed by atoms with Crippen LogP contribution in [0.4, 0.5) is 0 Å². The van der Waals surface area contributed by atoms with Crippen LogP contribution in [0.3, 0.4) is 0 Å². The molecule has 1 amide bonds. The lowest BCUT2D eigenvalue weighted by molar-refractivity contribution is -0.127. The van der Waals surface area contributed by atoms with Gasteiger partial charge < -0.3 is 9.32 Å². The molecule has 2 heterocycles. The van der Waals surface area contributed by atoms with Crippen LogP contribution in [0.25, 0.3) is 11.4 Å². The van der Waals surface area contributed by atoms with E-state index in [1.807, 2.05) is 73.1 Å². The topological polar surface area (TPSA) is 64.2 Å². The highest BCUT2D eigenvalue weighted by Crippen LogP contribution is 2.28. The van der Waals surface area contributed by atoms with E-state index < -0.39 is 0 Å². The standard InChI is InChI=1S/C24H24N4O2S/c1-18-21(13-14-30-18)23-25-26-24(28(23)16-20-11-7-4-8-12-20)31-17-22(29)27(2)15-19-9-5-3-6-10-19/h3-14H,15-17H2,1-2H3. The van der Waals surface area contributed by atoms with Crippen LogP contribution in [0.15, 0.2) is 82.6 Å². The number of carbonyl (C=O) groups excluding carboxylic acids is 1. The summed E-state index contributed by atoms with van der Waals surface area (Å²) in [6.45, 7) is 3.10. The van der Waals surface area contributed by atoms with Crippen LogP contribution in [-0.4, -0.2) is 38.4 Å². The normalized spacial score (nSPS) is 10.9. The zero-order valence-corrected chi connectivity index (χ0v) is 18.4. The first-order valence-corrected chi connectivity index (χ1v) is 11.0. The third kappa shape index (κ3) is 5.06. The molecule has 0 saturated heterocycles. The van der Waals surface area contributed by atoms with Gasteiger partial charge in [-0.15, -0.1) is 10.2 Å². The Labute approximate surface area is 185 Å². The SMILES string of the molecule is Cc1occc1-c1nnc(SCC(=O)N(C)Cc2ccccc2)n1Cc1ccccc1. The zero-order valence-electron chi connectivity index (χ0n) is 17.6. The summed E-state index contributed by atoms with van der Waals surface area (Å²) < 4.78 is 7.51. The second kappa shape index (κ2) is 9.66. The molecule has 0 radical (unpaired) electrons. The van der Waals surface area contributed by atoms with Crippen molar-refractivity contribution in [3.8, 4) is 11.4 Å². The molecule has 4 aromatic rings. The largest absolute Gasteiger partial charge is 0.469 e. The van der Waals surface area contributed by atoms with Gasteiger partial charge in [0.05, 0.1) is 24.1 Å². The molecular formula is C24H24N4O2S. The fourth-order valence-corrected chi connectivity index (χ4v) is 4.18. The summed E-state index contributed by atoms with van der Waals surface area (Å²) in [6, 6.07) is 22.0. The number of hydrogen-bond donors (Lipinski definition) is 0. The number of furan rings is 1. The fraction of sp³-hybridized carbons (Fsp3) is 0.208. The number of thioether (sulfide) groups is 1. The molecule has 0 spiro atoms. The summed E-state index contributed by atoms with van der Waals surface area (Å²) in [4.78, 5) is 14.5. The predicted molar refractivity (Wildman–Crippen MR) is 122 cm³/mol. The molecule has 0 bridgehead atoms. The summed E-state index contributed by atoms with van der Waals surface area (Å²) in [5, 5.41) is 9.51. The van der Waals surface area contributed by atoms with E-state index in [0.717, 1.165) is 28.3 Å². The van der Waals surface area contributed by atoms with Crippen molar-refractivity contribution in [2.75, 3.05) is 12.8 Å². The Hall–Kier alpha value is -3.32. The van der Waals surface area contributed by atoms with Crippen LogP contribution in [0.2, 0.25) is 0 Å². The minimum atomic E-state index is 0.0455. The number of nitrogens with zero attached hydrogens (tertiary/aromatic N) is 4. The summed E-state index contributed by atoms with van der Waals surface area (Å²) in [7, 11) is 1.82. The number of rotatable bonds is 8. The Morgan fingerprint density at radius 1 is 1.00 bits per heavy atom. The van der Waals surface area contributed by atoms with E-state index >= 15 is 0 Å². The van der Waals surface area contributed by atoms with Crippen molar-refractivity contribution < 1.29 is 9.21 Å². The number of benzene rings is 2. The molecule has 0 aliphatic carbocycles. The first-order chi connectivity index (χ1) is 15.1. The van der Waals surface area contributed by atoms with Crippen molar-refractivity contribution >= 4 is 17.7 Å². The monoisotopic (exact) mass is 432 g/mol. The van der Waals surface area contributed by atoms with Gasteiger partial charge >= 0.3 is 0 Å². The maximum Gasteiger partial charge on any atom is 0.233 e. The Morgan fingerprint density at radius 2 is 1.68 bits per heavy atom.